The van der Waals surface area contributed by atoms with E-state index in [1.54, 1.807) is 30.1 Å². The van der Waals surface area contributed by atoms with Gasteiger partial charge in [0.1, 0.15) is 17.4 Å². The van der Waals surface area contributed by atoms with Crippen molar-refractivity contribution in [2.24, 2.45) is 7.05 Å². The predicted molar refractivity (Wildman–Crippen MR) is 176 cm³/mol. The fourth-order valence-electron chi connectivity index (χ4n) is 5.02. The summed E-state index contributed by atoms with van der Waals surface area (Å²) in [6, 6.07) is 17.7. The van der Waals surface area contributed by atoms with Gasteiger partial charge in [0.2, 0.25) is 12.3 Å². The van der Waals surface area contributed by atoms with Crippen molar-refractivity contribution in [2.45, 2.75) is 37.3 Å². The summed E-state index contributed by atoms with van der Waals surface area (Å²) in [6.07, 6.45) is 2.32. The standard InChI is InChI=1S/C16H18FN3O2.C10H17F2N2O2P.C6H5Cl/c1-19-16(21)6-5-15(18-19)20-8-7-11(10-20)13-4-3-12(22-2)9-14(13)17;11-10(12,17)7-9(16)14-4-2-1-3-13(8-15)5-6-14;7-6-4-2-1-3-5-6/h3-6,9,11H,7-8,10H2,1-2H3;8H,1-7,17H2;1-5H. The zero-order valence-corrected chi connectivity index (χ0v) is 27.9. The Bertz CT molecular complexity index is 1480. The second kappa shape index (κ2) is 17.9. The molecule has 2 aliphatic heterocycles. The van der Waals surface area contributed by atoms with E-state index in [1.165, 1.54) is 38.1 Å². The summed E-state index contributed by atoms with van der Waals surface area (Å²) in [5.74, 6) is 0.594. The molecule has 2 unspecified atom stereocenters. The molecule has 0 aliphatic carbocycles. The van der Waals surface area contributed by atoms with E-state index in [1.807, 2.05) is 30.3 Å². The summed E-state index contributed by atoms with van der Waals surface area (Å²) in [5, 5.41) is 5.04. The van der Waals surface area contributed by atoms with Gasteiger partial charge in [-0.05, 0) is 49.1 Å². The van der Waals surface area contributed by atoms with Crippen LogP contribution in [0.15, 0.2) is 65.5 Å². The van der Waals surface area contributed by atoms with Gasteiger partial charge in [-0.25, -0.2) is 17.9 Å². The van der Waals surface area contributed by atoms with Crippen molar-refractivity contribution < 1.29 is 27.5 Å². The van der Waals surface area contributed by atoms with E-state index < -0.39 is 18.0 Å². The molecular weight excluding hydrogens is 642 g/mol. The van der Waals surface area contributed by atoms with Gasteiger partial charge in [0.15, 0.2) is 0 Å². The zero-order valence-electron chi connectivity index (χ0n) is 26.0. The third-order valence-corrected chi connectivity index (χ3v) is 7.96. The maximum Gasteiger partial charge on any atom is 0.267 e. The maximum absolute atomic E-state index is 14.2. The number of aromatic nitrogens is 2. The van der Waals surface area contributed by atoms with Gasteiger partial charge in [0.05, 0.1) is 13.5 Å². The molecule has 9 nitrogen and oxygen atoms in total. The van der Waals surface area contributed by atoms with Crippen molar-refractivity contribution in [1.82, 2.24) is 19.6 Å². The number of benzene rings is 2. The molecule has 2 saturated heterocycles. The van der Waals surface area contributed by atoms with Gasteiger partial charge < -0.3 is 19.4 Å². The predicted octanol–water partition coefficient (Wildman–Crippen LogP) is 5.19. The van der Waals surface area contributed by atoms with Gasteiger partial charge in [-0.1, -0.05) is 45.1 Å². The average Bonchev–Trinajstić information content (AvgIpc) is 3.49. The van der Waals surface area contributed by atoms with Gasteiger partial charge in [-0.15, -0.1) is 0 Å². The minimum Gasteiger partial charge on any atom is -0.497 e. The van der Waals surface area contributed by atoms with Gasteiger partial charge in [-0.2, -0.15) is 5.10 Å². The van der Waals surface area contributed by atoms with Crippen LogP contribution in [0.2, 0.25) is 5.02 Å². The Labute approximate surface area is 274 Å². The molecule has 0 saturated carbocycles. The Morgan fingerprint density at radius 1 is 1.07 bits per heavy atom. The van der Waals surface area contributed by atoms with Crippen molar-refractivity contribution >= 4 is 39.0 Å². The normalized spacial score (nSPS) is 16.7. The lowest BCUT2D eigenvalue weighted by atomic mass is 9.98. The third-order valence-electron chi connectivity index (χ3n) is 7.51. The van der Waals surface area contributed by atoms with Crippen LogP contribution in [-0.2, 0) is 16.6 Å². The molecule has 5 rings (SSSR count). The van der Waals surface area contributed by atoms with E-state index in [2.05, 4.69) is 10.00 Å². The Morgan fingerprint density at radius 2 is 1.78 bits per heavy atom. The molecular formula is C32H40ClF3N5O4P. The summed E-state index contributed by atoms with van der Waals surface area (Å²) in [7, 11) is 4.52. The highest BCUT2D eigenvalue weighted by atomic mass is 35.5. The first-order valence-corrected chi connectivity index (χ1v) is 15.8. The second-order valence-electron chi connectivity index (χ2n) is 10.9. The lowest BCUT2D eigenvalue weighted by Gasteiger charge is -2.29. The Balaban J connectivity index is 0.000000212. The molecule has 0 bridgehead atoms. The number of methoxy groups -OCH3 is 1. The molecule has 2 aromatic carbocycles. The average molecular weight is 682 g/mol. The topological polar surface area (TPSA) is 88.0 Å². The van der Waals surface area contributed by atoms with Crippen LogP contribution in [-0.4, -0.2) is 83.9 Å². The second-order valence-corrected chi connectivity index (χ2v) is 12.2. The van der Waals surface area contributed by atoms with Crippen LogP contribution in [0.5, 0.6) is 5.75 Å². The number of carbonyl (C=O) groups is 2. The van der Waals surface area contributed by atoms with E-state index in [9.17, 15) is 27.6 Å². The van der Waals surface area contributed by atoms with Crippen LogP contribution in [0, 0.1) is 5.82 Å². The fraction of sp³-hybridized carbons (Fsp3) is 0.438. The number of rotatable bonds is 6. The minimum absolute atomic E-state index is 0.116. The van der Waals surface area contributed by atoms with Gasteiger partial charge in [0.25, 0.3) is 11.2 Å². The first-order valence-electron chi connectivity index (χ1n) is 14.9. The van der Waals surface area contributed by atoms with E-state index in [0.29, 0.717) is 44.0 Å². The van der Waals surface area contributed by atoms with Crippen LogP contribution < -0.4 is 15.2 Å². The molecule has 14 heteroatoms. The van der Waals surface area contributed by atoms with E-state index in [-0.39, 0.29) is 17.3 Å². The van der Waals surface area contributed by atoms with Crippen LogP contribution >= 0.6 is 20.8 Å². The summed E-state index contributed by atoms with van der Waals surface area (Å²) >= 11 is 5.54. The molecule has 2 aliphatic rings. The molecule has 2 fully saturated rings. The van der Waals surface area contributed by atoms with Gasteiger partial charge in [-0.3, -0.25) is 14.4 Å². The van der Waals surface area contributed by atoms with Crippen molar-refractivity contribution in [2.75, 3.05) is 51.3 Å². The molecule has 46 heavy (non-hydrogen) atoms. The lowest BCUT2D eigenvalue weighted by Crippen LogP contribution is -2.42. The smallest absolute Gasteiger partial charge is 0.267 e. The van der Waals surface area contributed by atoms with Gasteiger partial charge >= 0.3 is 0 Å². The van der Waals surface area contributed by atoms with E-state index in [0.717, 1.165) is 43.1 Å². The number of alkyl halides is 2. The first kappa shape index (κ1) is 36.8. The Kier molecular flexibility index (Phi) is 14.3. The van der Waals surface area contributed by atoms with Crippen molar-refractivity contribution in [3.05, 3.63) is 87.4 Å². The lowest BCUT2D eigenvalue weighted by molar-refractivity contribution is -0.136. The molecule has 1 aromatic heterocycles. The SMILES string of the molecule is COc1ccc(C2CCN(c3ccc(=O)n(C)n3)C2)c(F)c1.Clc1ccccc1.O=CN1CCCCN(C(=O)CC(F)(F)P)CC1. The Morgan fingerprint density at radius 3 is 2.37 bits per heavy atom. The number of anilines is 1. The monoisotopic (exact) mass is 681 g/mol. The quantitative estimate of drug-likeness (QED) is 0.263. The largest absolute Gasteiger partial charge is 0.497 e. The van der Waals surface area contributed by atoms with Gasteiger partial charge in [0, 0.05) is 69.4 Å². The molecule has 2 amide bonds. The number of hydrogen-bond acceptors (Lipinski definition) is 6. The highest BCUT2D eigenvalue weighted by Crippen LogP contribution is 2.32. The molecule has 3 aromatic rings. The highest BCUT2D eigenvalue weighted by Gasteiger charge is 2.29. The zero-order chi connectivity index (χ0) is 33.7. The Hall–Kier alpha value is -3.63. The van der Waals surface area contributed by atoms with Crippen LogP contribution in [0.25, 0.3) is 0 Å². The molecule has 0 radical (unpaired) electrons. The van der Waals surface area contributed by atoms with Crippen LogP contribution in [0.1, 0.15) is 37.2 Å². The summed E-state index contributed by atoms with van der Waals surface area (Å²) < 4.78 is 45.9. The van der Waals surface area contributed by atoms with Crippen molar-refractivity contribution in [1.29, 1.82) is 0 Å². The maximum atomic E-state index is 14.2. The van der Waals surface area contributed by atoms with Crippen molar-refractivity contribution in [3.8, 4) is 5.75 Å². The fourth-order valence-corrected chi connectivity index (χ4v) is 5.34. The number of hydrogen-bond donors (Lipinski definition) is 0. The first-order chi connectivity index (χ1) is 21.9. The number of nitrogens with zero attached hydrogens (tertiary/aromatic N) is 5. The highest BCUT2D eigenvalue weighted by molar-refractivity contribution is 7.18. The molecule has 0 spiro atoms. The molecule has 250 valence electrons. The summed E-state index contributed by atoms with van der Waals surface area (Å²) in [5.41, 5.74) is -2.49. The number of carbonyl (C=O) groups excluding carboxylic acids is 2. The third kappa shape index (κ3) is 11.9. The molecule has 0 N–H and O–H groups in total. The van der Waals surface area contributed by atoms with Crippen molar-refractivity contribution in [3.63, 3.8) is 0 Å². The number of ether oxygens (including phenoxy) is 1. The molecule has 2 atom stereocenters. The number of halogens is 4. The van der Waals surface area contributed by atoms with Crippen LogP contribution in [0.4, 0.5) is 19.0 Å². The summed E-state index contributed by atoms with van der Waals surface area (Å²) in [6.45, 7) is 3.39. The van der Waals surface area contributed by atoms with E-state index in [4.69, 9.17) is 16.3 Å². The summed E-state index contributed by atoms with van der Waals surface area (Å²) in [4.78, 5) is 38.7. The van der Waals surface area contributed by atoms with E-state index >= 15 is 0 Å². The minimum atomic E-state index is -3.05. The number of amides is 2. The van der Waals surface area contributed by atoms with Crippen LogP contribution in [0.3, 0.4) is 0 Å². The number of aryl methyl sites for hydroxylation is 1. The molecule has 3 heterocycles.